The van der Waals surface area contributed by atoms with Gasteiger partial charge in [0.25, 0.3) is 0 Å². The van der Waals surface area contributed by atoms with Crippen molar-refractivity contribution in [2.24, 2.45) is 0 Å². The number of aryl methyl sites for hydroxylation is 1. The SMILES string of the molecule is CCc1ccc(N2C(=S)N[C@H](c3ccccn3)[C@H]2c2cccn2C2CCCC2)cc1. The van der Waals surface area contributed by atoms with Crippen molar-refractivity contribution in [2.45, 2.75) is 57.2 Å². The first-order chi connectivity index (χ1) is 14.8. The molecule has 3 aromatic rings. The number of thiocarbonyl (C=S) groups is 1. The number of aromatic nitrogens is 2. The fourth-order valence-corrected chi connectivity index (χ4v) is 5.34. The molecule has 5 rings (SSSR count). The van der Waals surface area contributed by atoms with E-state index in [1.807, 2.05) is 12.3 Å². The maximum atomic E-state index is 5.87. The highest BCUT2D eigenvalue weighted by atomic mass is 32.1. The number of nitrogens with zero attached hydrogens (tertiary/aromatic N) is 3. The van der Waals surface area contributed by atoms with Crippen LogP contribution in [-0.2, 0) is 6.42 Å². The lowest BCUT2D eigenvalue weighted by Gasteiger charge is -2.30. The Morgan fingerprint density at radius 2 is 1.83 bits per heavy atom. The quantitative estimate of drug-likeness (QED) is 0.538. The van der Waals surface area contributed by atoms with Crippen LogP contribution in [0.25, 0.3) is 0 Å². The number of nitrogens with one attached hydrogen (secondary N) is 1. The number of rotatable bonds is 5. The zero-order valence-electron chi connectivity index (χ0n) is 17.4. The van der Waals surface area contributed by atoms with Crippen LogP contribution in [0.5, 0.6) is 0 Å². The zero-order valence-corrected chi connectivity index (χ0v) is 18.2. The maximum Gasteiger partial charge on any atom is 0.174 e. The van der Waals surface area contributed by atoms with Crippen LogP contribution in [0.1, 0.15) is 67.7 Å². The van der Waals surface area contributed by atoms with E-state index in [2.05, 4.69) is 81.4 Å². The minimum absolute atomic E-state index is 0.0135. The lowest BCUT2D eigenvalue weighted by atomic mass is 10.00. The molecule has 0 spiro atoms. The molecule has 2 aliphatic rings. The summed E-state index contributed by atoms with van der Waals surface area (Å²) < 4.78 is 2.50. The summed E-state index contributed by atoms with van der Waals surface area (Å²) in [5.74, 6) is 0. The summed E-state index contributed by atoms with van der Waals surface area (Å²) in [4.78, 5) is 6.97. The molecule has 2 fully saturated rings. The number of pyridine rings is 1. The monoisotopic (exact) mass is 416 g/mol. The first kappa shape index (κ1) is 19.3. The van der Waals surface area contributed by atoms with E-state index < -0.39 is 0 Å². The molecule has 1 saturated carbocycles. The van der Waals surface area contributed by atoms with E-state index in [0.29, 0.717) is 6.04 Å². The molecule has 1 saturated heterocycles. The topological polar surface area (TPSA) is 33.1 Å². The van der Waals surface area contributed by atoms with Crippen LogP contribution in [0.4, 0.5) is 5.69 Å². The van der Waals surface area contributed by atoms with E-state index >= 15 is 0 Å². The van der Waals surface area contributed by atoms with E-state index in [-0.39, 0.29) is 12.1 Å². The molecule has 2 aromatic heterocycles. The van der Waals surface area contributed by atoms with E-state index in [1.165, 1.54) is 36.9 Å². The van der Waals surface area contributed by atoms with Gasteiger partial charge in [-0.1, -0.05) is 38.0 Å². The Bertz CT molecular complexity index is 1010. The zero-order chi connectivity index (χ0) is 20.5. The van der Waals surface area contributed by atoms with Gasteiger partial charge in [-0.3, -0.25) is 4.98 Å². The highest BCUT2D eigenvalue weighted by molar-refractivity contribution is 7.80. The van der Waals surface area contributed by atoms with Crippen molar-refractivity contribution in [3.8, 4) is 0 Å². The fraction of sp³-hybridized carbons (Fsp3) is 0.360. The number of hydrogen-bond donors (Lipinski definition) is 1. The van der Waals surface area contributed by atoms with Crippen molar-refractivity contribution in [1.29, 1.82) is 0 Å². The van der Waals surface area contributed by atoms with Gasteiger partial charge in [0, 0.05) is 29.8 Å². The molecule has 5 heteroatoms. The second-order valence-electron chi connectivity index (χ2n) is 8.30. The average molecular weight is 417 g/mol. The molecule has 2 atom stereocenters. The summed E-state index contributed by atoms with van der Waals surface area (Å²) in [7, 11) is 0. The van der Waals surface area contributed by atoms with E-state index in [1.54, 1.807) is 0 Å². The predicted molar refractivity (Wildman–Crippen MR) is 126 cm³/mol. The lowest BCUT2D eigenvalue weighted by Crippen LogP contribution is -2.30. The predicted octanol–water partition coefficient (Wildman–Crippen LogP) is 5.74. The van der Waals surface area contributed by atoms with Crippen molar-refractivity contribution in [1.82, 2.24) is 14.9 Å². The van der Waals surface area contributed by atoms with Crippen LogP contribution in [0, 0.1) is 0 Å². The minimum Gasteiger partial charge on any atom is -0.351 e. The van der Waals surface area contributed by atoms with E-state index in [0.717, 1.165) is 22.9 Å². The summed E-state index contributed by atoms with van der Waals surface area (Å²) >= 11 is 5.87. The summed E-state index contributed by atoms with van der Waals surface area (Å²) in [5, 5.41) is 4.35. The third-order valence-electron chi connectivity index (χ3n) is 6.55. The van der Waals surface area contributed by atoms with E-state index in [4.69, 9.17) is 12.2 Å². The highest BCUT2D eigenvalue weighted by Gasteiger charge is 2.42. The fourth-order valence-electron chi connectivity index (χ4n) is 5.00. The summed E-state index contributed by atoms with van der Waals surface area (Å²) in [5.41, 5.74) is 4.80. The molecule has 3 heterocycles. The van der Waals surface area contributed by atoms with Crippen molar-refractivity contribution >= 4 is 23.0 Å². The summed E-state index contributed by atoms with van der Waals surface area (Å²) in [6.45, 7) is 2.19. The van der Waals surface area contributed by atoms with Crippen LogP contribution in [0.2, 0.25) is 0 Å². The Labute approximate surface area is 183 Å². The Balaban J connectivity index is 1.60. The lowest BCUT2D eigenvalue weighted by molar-refractivity contribution is 0.461. The molecule has 0 amide bonds. The molecule has 1 aromatic carbocycles. The molecule has 1 aliphatic carbocycles. The van der Waals surface area contributed by atoms with Crippen LogP contribution < -0.4 is 10.2 Å². The average Bonchev–Trinajstić information content (AvgIpc) is 3.53. The second kappa shape index (κ2) is 8.23. The Morgan fingerprint density at radius 1 is 1.03 bits per heavy atom. The van der Waals surface area contributed by atoms with Crippen molar-refractivity contribution < 1.29 is 0 Å². The summed E-state index contributed by atoms with van der Waals surface area (Å²) in [6.07, 6.45) is 10.3. The Morgan fingerprint density at radius 3 is 2.53 bits per heavy atom. The van der Waals surface area contributed by atoms with E-state index in [9.17, 15) is 0 Å². The minimum atomic E-state index is 0.0135. The molecule has 30 heavy (non-hydrogen) atoms. The maximum absolute atomic E-state index is 5.87. The third-order valence-corrected chi connectivity index (χ3v) is 6.87. The molecule has 1 aliphatic heterocycles. The largest absolute Gasteiger partial charge is 0.351 e. The number of hydrogen-bond acceptors (Lipinski definition) is 2. The Kier molecular flexibility index (Phi) is 5.30. The van der Waals surface area contributed by atoms with Gasteiger partial charge >= 0.3 is 0 Å². The molecule has 4 nitrogen and oxygen atoms in total. The van der Waals surface area contributed by atoms with Crippen LogP contribution in [0.3, 0.4) is 0 Å². The van der Waals surface area contributed by atoms with Gasteiger partial charge in [-0.15, -0.1) is 0 Å². The molecular formula is C25H28N4S. The first-order valence-electron chi connectivity index (χ1n) is 11.0. The normalized spacial score (nSPS) is 21.9. The van der Waals surface area contributed by atoms with Crippen LogP contribution in [-0.4, -0.2) is 14.7 Å². The van der Waals surface area contributed by atoms with Crippen LogP contribution in [0.15, 0.2) is 67.0 Å². The second-order valence-corrected chi connectivity index (χ2v) is 8.68. The van der Waals surface area contributed by atoms with Crippen molar-refractivity contribution in [3.05, 3.63) is 83.9 Å². The van der Waals surface area contributed by atoms with Gasteiger partial charge in [-0.2, -0.15) is 0 Å². The van der Waals surface area contributed by atoms with Gasteiger partial charge in [-0.25, -0.2) is 0 Å². The molecule has 154 valence electrons. The summed E-state index contributed by atoms with van der Waals surface area (Å²) in [6, 6.07) is 20.0. The van der Waals surface area contributed by atoms with Gasteiger partial charge in [0.1, 0.15) is 6.04 Å². The van der Waals surface area contributed by atoms with Gasteiger partial charge in [0.05, 0.1) is 11.7 Å². The highest BCUT2D eigenvalue weighted by Crippen LogP contribution is 2.43. The van der Waals surface area contributed by atoms with Gasteiger partial charge < -0.3 is 14.8 Å². The molecular weight excluding hydrogens is 388 g/mol. The van der Waals surface area contributed by atoms with Gasteiger partial charge in [0.2, 0.25) is 0 Å². The smallest absolute Gasteiger partial charge is 0.174 e. The molecule has 0 bridgehead atoms. The number of anilines is 1. The number of benzene rings is 1. The molecule has 0 unspecified atom stereocenters. The Hall–Kier alpha value is -2.66. The van der Waals surface area contributed by atoms with Crippen LogP contribution >= 0.6 is 12.2 Å². The standard InChI is InChI=1S/C25H28N4S/c1-2-18-12-14-20(15-13-18)29-24(22-11-7-17-28(22)19-8-3-4-9-19)23(27-25(29)30)21-10-5-6-16-26-21/h5-7,10-17,19,23-24H,2-4,8-9H2,1H3,(H,27,30)/t23-,24-/m1/s1. The van der Waals surface area contributed by atoms with Gasteiger partial charge in [0.15, 0.2) is 5.11 Å². The molecule has 0 radical (unpaired) electrons. The van der Waals surface area contributed by atoms with Crippen molar-refractivity contribution in [3.63, 3.8) is 0 Å². The molecule has 1 N–H and O–H groups in total. The van der Waals surface area contributed by atoms with Crippen molar-refractivity contribution in [2.75, 3.05) is 4.90 Å². The van der Waals surface area contributed by atoms with Gasteiger partial charge in [-0.05, 0) is 73.4 Å². The first-order valence-corrected chi connectivity index (χ1v) is 11.4. The third kappa shape index (κ3) is 3.41.